The summed E-state index contributed by atoms with van der Waals surface area (Å²) in [5, 5.41) is 0. The van der Waals surface area contributed by atoms with E-state index in [9.17, 15) is 0 Å². The lowest BCUT2D eigenvalue weighted by Crippen LogP contribution is -1.53. The van der Waals surface area contributed by atoms with Crippen LogP contribution in [0.15, 0.2) is 0 Å². The quantitative estimate of drug-likeness (QED) is 0.372. The van der Waals surface area contributed by atoms with Crippen LogP contribution in [0.25, 0.3) is 0 Å². The second kappa shape index (κ2) is 1.12. The molecular formula is C5H6. The third kappa shape index (κ3) is 0.417. The van der Waals surface area contributed by atoms with Gasteiger partial charge in [0.05, 0.1) is 0 Å². The Bertz CT molecular complexity index is 63.8. The van der Waals surface area contributed by atoms with Crippen molar-refractivity contribution in [2.24, 2.45) is 0 Å². The molecule has 0 bridgehead atoms. The van der Waals surface area contributed by atoms with Gasteiger partial charge in [-0.3, -0.25) is 0 Å². The lowest BCUT2D eigenvalue weighted by molar-refractivity contribution is 0.940. The Kier molecular flexibility index (Phi) is 0.624. The molecule has 1 aliphatic rings. The van der Waals surface area contributed by atoms with Crippen molar-refractivity contribution in [2.75, 3.05) is 0 Å². The molecule has 0 fully saturated rings. The lowest BCUT2D eigenvalue weighted by atomic mass is 10.4. The minimum Gasteiger partial charge on any atom is -0.103 e. The van der Waals surface area contributed by atoms with Crippen LogP contribution in [0.5, 0.6) is 0 Å². The van der Waals surface area contributed by atoms with E-state index in [1.165, 1.54) is 6.42 Å². The second-order valence-corrected chi connectivity index (χ2v) is 1.21. The Labute approximate surface area is 32.2 Å². The van der Waals surface area contributed by atoms with Crippen LogP contribution in [0.3, 0.4) is 0 Å². The molecule has 5 heavy (non-hydrogen) atoms. The van der Waals surface area contributed by atoms with Gasteiger partial charge in [0.25, 0.3) is 0 Å². The topological polar surface area (TPSA) is 0 Å². The van der Waals surface area contributed by atoms with Crippen molar-refractivity contribution in [2.45, 2.75) is 19.3 Å². The zero-order valence-electron chi connectivity index (χ0n) is 3.12. The van der Waals surface area contributed by atoms with Crippen LogP contribution in [-0.4, -0.2) is 0 Å². The zero-order valence-corrected chi connectivity index (χ0v) is 3.12. The molecule has 0 N–H and O–H groups in total. The van der Waals surface area contributed by atoms with Crippen molar-refractivity contribution < 1.29 is 0 Å². The summed E-state index contributed by atoms with van der Waals surface area (Å²) in [5.74, 6) is 5.94. The Balaban J connectivity index is 2.42. The normalized spacial score (nSPS) is 17.6. The molecule has 0 heterocycles. The predicted octanol–water partition coefficient (Wildman–Crippen LogP) is 1.17. The Morgan fingerprint density at radius 1 is 1.00 bits per heavy atom. The summed E-state index contributed by atoms with van der Waals surface area (Å²) < 4.78 is 0. The molecule has 0 aromatic rings. The summed E-state index contributed by atoms with van der Waals surface area (Å²) in [6.07, 6.45) is 3.56. The van der Waals surface area contributed by atoms with Gasteiger partial charge in [0, 0.05) is 12.8 Å². The fraction of sp³-hybridized carbons (Fsp3) is 0.600. The molecular weight excluding hydrogens is 60.1 g/mol. The van der Waals surface area contributed by atoms with E-state index in [-0.39, 0.29) is 0 Å². The molecule has 0 unspecified atom stereocenters. The summed E-state index contributed by atoms with van der Waals surface area (Å²) in [5.41, 5.74) is 0. The first kappa shape index (κ1) is 2.78. The maximum atomic E-state index is 2.97. The summed E-state index contributed by atoms with van der Waals surface area (Å²) in [4.78, 5) is 0. The third-order valence-electron chi connectivity index (χ3n) is 0.729. The number of rotatable bonds is 0. The van der Waals surface area contributed by atoms with Gasteiger partial charge in [0.1, 0.15) is 0 Å². The van der Waals surface area contributed by atoms with Gasteiger partial charge >= 0.3 is 0 Å². The van der Waals surface area contributed by atoms with E-state index in [2.05, 4.69) is 11.8 Å². The summed E-state index contributed by atoms with van der Waals surface area (Å²) >= 11 is 0. The first-order chi connectivity index (χ1) is 2.50. The van der Waals surface area contributed by atoms with Crippen LogP contribution < -0.4 is 0 Å². The molecule has 0 heteroatoms. The molecule has 0 atom stereocenters. The first-order valence-electron chi connectivity index (χ1n) is 1.96. The third-order valence-corrected chi connectivity index (χ3v) is 0.729. The largest absolute Gasteiger partial charge is 0.103 e. The van der Waals surface area contributed by atoms with Crippen LogP contribution >= 0.6 is 0 Å². The molecule has 1 aliphatic carbocycles. The zero-order chi connectivity index (χ0) is 3.54. The van der Waals surface area contributed by atoms with Gasteiger partial charge in [-0.1, -0.05) is 0 Å². The molecule has 0 saturated heterocycles. The maximum Gasteiger partial charge on any atom is 0.00977 e. The van der Waals surface area contributed by atoms with E-state index >= 15 is 0 Å². The number of hydrogen-bond donors (Lipinski definition) is 0. The van der Waals surface area contributed by atoms with Gasteiger partial charge in [-0.05, 0) is 6.42 Å². The van der Waals surface area contributed by atoms with Gasteiger partial charge < -0.3 is 0 Å². The molecule has 1 rings (SSSR count). The SMILES string of the molecule is C1#CCCC1. The number of hydrogen-bond acceptors (Lipinski definition) is 0. The van der Waals surface area contributed by atoms with Crippen LogP contribution in [0.2, 0.25) is 0 Å². The van der Waals surface area contributed by atoms with E-state index in [0.29, 0.717) is 0 Å². The molecule has 0 saturated carbocycles. The minimum absolute atomic E-state index is 1.14. The molecule has 0 amide bonds. The highest BCUT2D eigenvalue weighted by molar-refractivity contribution is 5.04. The summed E-state index contributed by atoms with van der Waals surface area (Å²) in [7, 11) is 0. The average molecular weight is 66.1 g/mol. The molecule has 0 aromatic carbocycles. The summed E-state index contributed by atoms with van der Waals surface area (Å²) in [6, 6.07) is 0. The van der Waals surface area contributed by atoms with E-state index in [1.807, 2.05) is 0 Å². The fourth-order valence-electron chi connectivity index (χ4n) is 0.442. The van der Waals surface area contributed by atoms with E-state index in [4.69, 9.17) is 0 Å². The molecule has 0 aromatic heterocycles. The standard InChI is InChI=1S/C5H6/c1-2-4-5-3-1/h1-3H2. The lowest BCUT2D eigenvalue weighted by Gasteiger charge is -1.67. The fourth-order valence-corrected chi connectivity index (χ4v) is 0.442. The van der Waals surface area contributed by atoms with Crippen LogP contribution in [-0.2, 0) is 0 Å². The average Bonchev–Trinajstić information content (AvgIpc) is 1.76. The highest BCUT2D eigenvalue weighted by atomic mass is 13.9. The van der Waals surface area contributed by atoms with Gasteiger partial charge in [-0.25, -0.2) is 0 Å². The van der Waals surface area contributed by atoms with Crippen molar-refractivity contribution in [1.82, 2.24) is 0 Å². The maximum absolute atomic E-state index is 2.97. The Morgan fingerprint density at radius 2 is 1.60 bits per heavy atom. The van der Waals surface area contributed by atoms with Crippen molar-refractivity contribution in [3.05, 3.63) is 0 Å². The van der Waals surface area contributed by atoms with Crippen molar-refractivity contribution in [1.29, 1.82) is 0 Å². The minimum atomic E-state index is 1.14. The highest BCUT2D eigenvalue weighted by Gasteiger charge is 1.83. The van der Waals surface area contributed by atoms with Crippen molar-refractivity contribution in [3.63, 3.8) is 0 Å². The molecule has 0 radical (unpaired) electrons. The van der Waals surface area contributed by atoms with E-state index in [0.717, 1.165) is 12.8 Å². The molecule has 0 aliphatic heterocycles. The molecule has 0 spiro atoms. The summed E-state index contributed by atoms with van der Waals surface area (Å²) in [6.45, 7) is 0. The highest BCUT2D eigenvalue weighted by Crippen LogP contribution is 1.97. The second-order valence-electron chi connectivity index (χ2n) is 1.21. The monoisotopic (exact) mass is 66.0 g/mol. The van der Waals surface area contributed by atoms with Gasteiger partial charge in [-0.15, -0.1) is 11.8 Å². The van der Waals surface area contributed by atoms with Crippen LogP contribution in [0, 0.1) is 11.8 Å². The predicted molar refractivity (Wildman–Crippen MR) is 21.6 cm³/mol. The van der Waals surface area contributed by atoms with Crippen LogP contribution in [0.4, 0.5) is 0 Å². The van der Waals surface area contributed by atoms with Crippen LogP contribution in [0.1, 0.15) is 19.3 Å². The smallest absolute Gasteiger partial charge is 0.00977 e. The van der Waals surface area contributed by atoms with Gasteiger partial charge in [-0.2, -0.15) is 0 Å². The first-order valence-corrected chi connectivity index (χ1v) is 1.96. The van der Waals surface area contributed by atoms with Crippen molar-refractivity contribution in [3.8, 4) is 11.8 Å². The Morgan fingerprint density at radius 3 is 1.80 bits per heavy atom. The van der Waals surface area contributed by atoms with E-state index in [1.54, 1.807) is 0 Å². The molecule has 0 nitrogen and oxygen atoms in total. The van der Waals surface area contributed by atoms with Crippen molar-refractivity contribution >= 4 is 0 Å². The van der Waals surface area contributed by atoms with Gasteiger partial charge in [0.15, 0.2) is 0 Å². The Hall–Kier alpha value is -0.440. The molecule has 26 valence electrons. The van der Waals surface area contributed by atoms with Gasteiger partial charge in [0.2, 0.25) is 0 Å². The van der Waals surface area contributed by atoms with E-state index < -0.39 is 0 Å².